The highest BCUT2D eigenvalue weighted by atomic mass is 19.1. The van der Waals surface area contributed by atoms with Gasteiger partial charge in [-0.05, 0) is 31.7 Å². The fourth-order valence-electron chi connectivity index (χ4n) is 4.02. The molecule has 0 aromatic carbocycles. The van der Waals surface area contributed by atoms with Gasteiger partial charge >= 0.3 is 5.97 Å². The molecule has 1 fully saturated rings. The second kappa shape index (κ2) is 8.45. The molecule has 4 aromatic rings. The number of oxazole rings is 1. The first kappa shape index (κ1) is 20.8. The minimum atomic E-state index is -1.17. The molecule has 1 aliphatic carbocycles. The van der Waals surface area contributed by atoms with Crippen molar-refractivity contribution in [3.63, 3.8) is 0 Å². The van der Waals surface area contributed by atoms with Crippen LogP contribution in [-0.2, 0) is 0 Å². The number of anilines is 2. The summed E-state index contributed by atoms with van der Waals surface area (Å²) in [5.74, 6) is -1.97. The van der Waals surface area contributed by atoms with E-state index >= 15 is 0 Å². The van der Waals surface area contributed by atoms with Gasteiger partial charge in [-0.1, -0.05) is 0 Å². The van der Waals surface area contributed by atoms with Crippen molar-refractivity contribution in [1.82, 2.24) is 24.9 Å². The molecule has 4 aromatic heterocycles. The highest BCUT2D eigenvalue weighted by Gasteiger charge is 2.25. The number of pyridine rings is 1. The van der Waals surface area contributed by atoms with Crippen LogP contribution in [0.5, 0.6) is 0 Å². The quantitative estimate of drug-likeness (QED) is 0.341. The van der Waals surface area contributed by atoms with Gasteiger partial charge in [0.2, 0.25) is 0 Å². The summed E-state index contributed by atoms with van der Waals surface area (Å²) in [5.41, 5.74) is 0.819. The maximum Gasteiger partial charge on any atom is 0.357 e. The summed E-state index contributed by atoms with van der Waals surface area (Å²) >= 11 is 0. The Hall–Kier alpha value is -4.09. The van der Waals surface area contributed by atoms with Gasteiger partial charge in [0.15, 0.2) is 23.2 Å². The monoisotopic (exact) mass is 455 g/mol. The van der Waals surface area contributed by atoms with E-state index < -0.39 is 17.6 Å². The second-order valence-corrected chi connectivity index (χ2v) is 7.83. The molecule has 2 unspecified atom stereocenters. The number of carboxylic acids is 1. The van der Waals surface area contributed by atoms with Crippen LogP contribution in [-0.4, -0.2) is 48.1 Å². The third kappa shape index (κ3) is 4.31. The molecule has 10 nitrogen and oxygen atoms in total. The molecular formula is C21H19F2N7O3. The van der Waals surface area contributed by atoms with E-state index in [4.69, 9.17) is 9.52 Å². The van der Waals surface area contributed by atoms with Crippen LogP contribution in [0.15, 0.2) is 35.3 Å². The summed E-state index contributed by atoms with van der Waals surface area (Å²) in [6.07, 6.45) is 7.97. The van der Waals surface area contributed by atoms with Gasteiger partial charge < -0.3 is 25.1 Å². The zero-order valence-electron chi connectivity index (χ0n) is 17.2. The SMILES string of the molecule is O=C(O)c1coc(NC2CCCC(Nc3nc(-c4c[nH]c5ncc(F)cc45)ncc3F)C2)n1. The maximum atomic E-state index is 14.5. The van der Waals surface area contributed by atoms with Crippen molar-refractivity contribution < 1.29 is 23.1 Å². The summed E-state index contributed by atoms with van der Waals surface area (Å²) in [6, 6.07) is 1.32. The number of carboxylic acid groups (broad SMARTS) is 1. The lowest BCUT2D eigenvalue weighted by Crippen LogP contribution is -2.35. The summed E-state index contributed by atoms with van der Waals surface area (Å²) < 4.78 is 33.3. The molecule has 12 heteroatoms. The molecule has 170 valence electrons. The fourth-order valence-corrected chi connectivity index (χ4v) is 4.02. The Bertz CT molecular complexity index is 1320. The molecule has 0 amide bonds. The molecule has 0 bridgehead atoms. The van der Waals surface area contributed by atoms with Crippen LogP contribution in [0.25, 0.3) is 22.4 Å². The Kier molecular flexibility index (Phi) is 5.32. The Balaban J connectivity index is 1.32. The molecule has 1 aliphatic rings. The number of carbonyl (C=O) groups is 1. The normalized spacial score (nSPS) is 18.4. The topological polar surface area (TPSA) is 142 Å². The van der Waals surface area contributed by atoms with Gasteiger partial charge in [-0.3, -0.25) is 0 Å². The molecule has 0 radical (unpaired) electrons. The van der Waals surface area contributed by atoms with Crippen molar-refractivity contribution in [2.45, 2.75) is 37.8 Å². The Morgan fingerprint density at radius 3 is 2.76 bits per heavy atom. The molecule has 2 atom stereocenters. The number of aromatic carboxylic acids is 1. The van der Waals surface area contributed by atoms with Crippen LogP contribution in [0.3, 0.4) is 0 Å². The first-order valence-corrected chi connectivity index (χ1v) is 10.3. The van der Waals surface area contributed by atoms with Crippen LogP contribution < -0.4 is 10.6 Å². The summed E-state index contributed by atoms with van der Waals surface area (Å²) in [7, 11) is 0. The third-order valence-corrected chi connectivity index (χ3v) is 5.55. The summed E-state index contributed by atoms with van der Waals surface area (Å²) in [5, 5.41) is 15.7. The predicted molar refractivity (Wildman–Crippen MR) is 114 cm³/mol. The average Bonchev–Trinajstić information content (AvgIpc) is 3.43. The van der Waals surface area contributed by atoms with Crippen LogP contribution in [0.1, 0.15) is 36.2 Å². The van der Waals surface area contributed by atoms with Gasteiger partial charge in [0.05, 0.1) is 12.4 Å². The van der Waals surface area contributed by atoms with Crippen molar-refractivity contribution in [2.24, 2.45) is 0 Å². The summed E-state index contributed by atoms with van der Waals surface area (Å²) in [4.78, 5) is 30.2. The molecule has 0 spiro atoms. The first-order chi connectivity index (χ1) is 16.0. The van der Waals surface area contributed by atoms with Crippen LogP contribution in [0, 0.1) is 11.6 Å². The number of rotatable bonds is 6. The number of aromatic nitrogens is 5. The van der Waals surface area contributed by atoms with Crippen molar-refractivity contribution in [3.8, 4) is 11.4 Å². The second-order valence-electron chi connectivity index (χ2n) is 7.83. The zero-order chi connectivity index (χ0) is 22.9. The van der Waals surface area contributed by atoms with Gasteiger partial charge in [0, 0.05) is 29.2 Å². The highest BCUT2D eigenvalue weighted by molar-refractivity contribution is 5.91. The fraction of sp³-hybridized carbons (Fsp3) is 0.286. The molecule has 5 rings (SSSR count). The Morgan fingerprint density at radius 2 is 1.97 bits per heavy atom. The predicted octanol–water partition coefficient (Wildman–Crippen LogP) is 3.82. The lowest BCUT2D eigenvalue weighted by atomic mass is 9.91. The van der Waals surface area contributed by atoms with Crippen molar-refractivity contribution in [2.75, 3.05) is 10.6 Å². The maximum absolute atomic E-state index is 14.5. The number of H-pyrrole nitrogens is 1. The van der Waals surface area contributed by atoms with E-state index in [1.807, 2.05) is 0 Å². The third-order valence-electron chi connectivity index (χ3n) is 5.55. The van der Waals surface area contributed by atoms with E-state index in [2.05, 4.69) is 35.6 Å². The first-order valence-electron chi connectivity index (χ1n) is 10.3. The van der Waals surface area contributed by atoms with Crippen molar-refractivity contribution >= 4 is 28.8 Å². The smallest absolute Gasteiger partial charge is 0.357 e. The molecule has 4 heterocycles. The summed E-state index contributed by atoms with van der Waals surface area (Å²) in [6.45, 7) is 0. The Labute approximate surface area is 185 Å². The van der Waals surface area contributed by atoms with E-state index in [0.29, 0.717) is 23.0 Å². The number of hydrogen-bond acceptors (Lipinski definition) is 8. The minimum absolute atomic E-state index is 0.0384. The minimum Gasteiger partial charge on any atom is -0.476 e. The van der Waals surface area contributed by atoms with Gasteiger partial charge in [-0.2, -0.15) is 4.98 Å². The van der Waals surface area contributed by atoms with Gasteiger partial charge in [-0.25, -0.2) is 28.5 Å². The van der Waals surface area contributed by atoms with E-state index in [9.17, 15) is 13.6 Å². The van der Waals surface area contributed by atoms with Crippen LogP contribution in [0.4, 0.5) is 20.6 Å². The Morgan fingerprint density at radius 1 is 1.15 bits per heavy atom. The van der Waals surface area contributed by atoms with E-state index in [0.717, 1.165) is 37.9 Å². The molecular weight excluding hydrogens is 436 g/mol. The van der Waals surface area contributed by atoms with E-state index in [1.165, 1.54) is 6.07 Å². The molecule has 33 heavy (non-hydrogen) atoms. The van der Waals surface area contributed by atoms with Gasteiger partial charge in [-0.15, -0.1) is 0 Å². The molecule has 0 aliphatic heterocycles. The van der Waals surface area contributed by atoms with Crippen LogP contribution in [0.2, 0.25) is 0 Å². The van der Waals surface area contributed by atoms with Gasteiger partial charge in [0.1, 0.15) is 17.7 Å². The van der Waals surface area contributed by atoms with Crippen molar-refractivity contribution in [1.29, 1.82) is 0 Å². The molecule has 1 saturated carbocycles. The van der Waals surface area contributed by atoms with E-state index in [-0.39, 0.29) is 35.4 Å². The van der Waals surface area contributed by atoms with Crippen LogP contribution >= 0.6 is 0 Å². The number of halogens is 2. The zero-order valence-corrected chi connectivity index (χ0v) is 17.2. The van der Waals surface area contributed by atoms with E-state index in [1.54, 1.807) is 6.20 Å². The molecule has 4 N–H and O–H groups in total. The lowest BCUT2D eigenvalue weighted by Gasteiger charge is -2.30. The lowest BCUT2D eigenvalue weighted by molar-refractivity contribution is 0.0690. The highest BCUT2D eigenvalue weighted by Crippen LogP contribution is 2.29. The number of nitrogens with one attached hydrogen (secondary N) is 3. The standard InChI is InChI=1S/C21H19F2N7O3/c22-10-4-13-14(7-25-17(13)24-6-10)18-26-8-15(23)19(30-18)27-11-2-1-3-12(5-11)28-21-29-16(9-33-21)20(31)32/h4,6-9,11-12H,1-3,5H2,(H,24,25)(H,28,29)(H,31,32)(H,26,27,30). The number of fused-ring (bicyclic) bond motifs is 1. The number of aromatic amines is 1. The largest absolute Gasteiger partial charge is 0.476 e. The molecule has 0 saturated heterocycles. The van der Waals surface area contributed by atoms with Gasteiger partial charge in [0.25, 0.3) is 6.01 Å². The van der Waals surface area contributed by atoms with Crippen molar-refractivity contribution in [3.05, 3.63) is 48.2 Å². The number of nitrogens with zero attached hydrogens (tertiary/aromatic N) is 4. The number of hydrogen-bond donors (Lipinski definition) is 4. The average molecular weight is 455 g/mol.